The quantitative estimate of drug-likeness (QED) is 0.614. The van der Waals surface area contributed by atoms with Gasteiger partial charge in [0.25, 0.3) is 0 Å². The molecule has 1 aliphatic rings. The lowest BCUT2D eigenvalue weighted by atomic mass is 10.0. The maximum absolute atomic E-state index is 13.2. The van der Waals surface area contributed by atoms with Crippen molar-refractivity contribution < 1.29 is 23.1 Å². The van der Waals surface area contributed by atoms with Gasteiger partial charge in [-0.25, -0.2) is 13.1 Å². The SMILES string of the molecule is C[C@@H]1CN([C@H](C)CO)C(=O)CCCn2nncc2CO[C@@H]1CN(C)S(=O)(=O)c1cccc(C#N)c1. The van der Waals surface area contributed by atoms with Gasteiger partial charge in [0, 0.05) is 39.0 Å². The van der Waals surface area contributed by atoms with Crippen LogP contribution in [0.5, 0.6) is 0 Å². The van der Waals surface area contributed by atoms with Crippen LogP contribution in [0.3, 0.4) is 0 Å². The van der Waals surface area contributed by atoms with Crippen molar-refractivity contribution in [2.75, 3.05) is 26.7 Å². The molecule has 0 aliphatic carbocycles. The Kier molecular flexibility index (Phi) is 8.96. The molecule has 0 saturated carbocycles. The van der Waals surface area contributed by atoms with E-state index in [1.165, 1.54) is 29.6 Å². The first-order valence-electron chi connectivity index (χ1n) is 11.5. The number of fused-ring (bicyclic) bond motifs is 1. The third-order valence-corrected chi connectivity index (χ3v) is 8.07. The van der Waals surface area contributed by atoms with Crippen LogP contribution in [0.1, 0.15) is 37.9 Å². The van der Waals surface area contributed by atoms with Gasteiger partial charge in [-0.1, -0.05) is 18.2 Å². The fourth-order valence-corrected chi connectivity index (χ4v) is 5.23. The number of aryl methyl sites for hydroxylation is 1. The van der Waals surface area contributed by atoms with Gasteiger partial charge >= 0.3 is 0 Å². The predicted octanol–water partition coefficient (Wildman–Crippen LogP) is 0.995. The third-order valence-electron chi connectivity index (χ3n) is 6.25. The summed E-state index contributed by atoms with van der Waals surface area (Å²) in [4.78, 5) is 14.6. The van der Waals surface area contributed by atoms with Gasteiger partial charge in [0.2, 0.25) is 15.9 Å². The zero-order chi connectivity index (χ0) is 25.6. The minimum atomic E-state index is -3.89. The standard InChI is InChI=1S/C23H32N6O5S/c1-17-13-28(18(2)15-30)23(31)8-5-9-29-20(12-25-26-29)16-34-22(17)14-27(3)35(32,33)21-7-4-6-19(10-21)11-24/h4,6-7,10,12,17-18,22,30H,5,8-9,13-16H2,1-3H3/t17-,18-,22-/m1/s1. The van der Waals surface area contributed by atoms with Gasteiger partial charge in [-0.15, -0.1) is 5.10 Å². The van der Waals surface area contributed by atoms with Crippen molar-refractivity contribution in [3.63, 3.8) is 0 Å². The van der Waals surface area contributed by atoms with E-state index in [2.05, 4.69) is 10.3 Å². The third kappa shape index (κ3) is 6.43. The smallest absolute Gasteiger partial charge is 0.242 e. The minimum absolute atomic E-state index is 0.0211. The number of aliphatic hydroxyl groups is 1. The number of carbonyl (C=O) groups is 1. The molecule has 0 unspecified atom stereocenters. The lowest BCUT2D eigenvalue weighted by molar-refractivity contribution is -0.136. The molecule has 0 bridgehead atoms. The normalized spacial score (nSPS) is 21.0. The van der Waals surface area contributed by atoms with Gasteiger partial charge in [0.15, 0.2) is 0 Å². The number of aliphatic hydroxyl groups excluding tert-OH is 1. The highest BCUT2D eigenvalue weighted by Gasteiger charge is 2.31. The number of rotatable bonds is 6. The molecule has 11 nitrogen and oxygen atoms in total. The molecule has 190 valence electrons. The number of sulfonamides is 1. The van der Waals surface area contributed by atoms with Crippen LogP contribution in [0, 0.1) is 17.2 Å². The summed E-state index contributed by atoms with van der Waals surface area (Å²) in [5, 5.41) is 26.9. The Morgan fingerprint density at radius 2 is 2.17 bits per heavy atom. The molecule has 2 heterocycles. The number of benzene rings is 1. The van der Waals surface area contributed by atoms with Crippen LogP contribution in [0.2, 0.25) is 0 Å². The number of carbonyl (C=O) groups excluding carboxylic acids is 1. The van der Waals surface area contributed by atoms with Crippen LogP contribution < -0.4 is 0 Å². The first-order chi connectivity index (χ1) is 16.7. The molecular weight excluding hydrogens is 472 g/mol. The number of ether oxygens (including phenoxy) is 1. The van der Waals surface area contributed by atoms with Gasteiger partial charge < -0.3 is 14.7 Å². The van der Waals surface area contributed by atoms with E-state index in [4.69, 9.17) is 10.00 Å². The van der Waals surface area contributed by atoms with Crippen molar-refractivity contribution in [2.24, 2.45) is 5.92 Å². The highest BCUT2D eigenvalue weighted by Crippen LogP contribution is 2.21. The lowest BCUT2D eigenvalue weighted by Crippen LogP contribution is -2.47. The van der Waals surface area contributed by atoms with E-state index in [9.17, 15) is 18.3 Å². The molecule has 1 aromatic carbocycles. The number of likely N-dealkylation sites (N-methyl/N-ethyl adjacent to an activating group) is 1. The maximum atomic E-state index is 13.2. The second-order valence-electron chi connectivity index (χ2n) is 8.88. The Bertz CT molecular complexity index is 1160. The van der Waals surface area contributed by atoms with E-state index in [0.29, 0.717) is 25.9 Å². The Hall–Kier alpha value is -2.85. The van der Waals surface area contributed by atoms with Crippen LogP contribution in [0.25, 0.3) is 0 Å². The van der Waals surface area contributed by atoms with Gasteiger partial charge in [-0.3, -0.25) is 4.79 Å². The summed E-state index contributed by atoms with van der Waals surface area (Å²) in [5.74, 6) is -0.339. The largest absolute Gasteiger partial charge is 0.394 e. The second-order valence-corrected chi connectivity index (χ2v) is 10.9. The molecule has 1 amide bonds. The maximum Gasteiger partial charge on any atom is 0.242 e. The van der Waals surface area contributed by atoms with E-state index in [1.54, 1.807) is 28.8 Å². The van der Waals surface area contributed by atoms with Crippen molar-refractivity contribution >= 4 is 15.9 Å². The van der Waals surface area contributed by atoms with Crippen LogP contribution in [-0.2, 0) is 32.7 Å². The summed E-state index contributed by atoms with van der Waals surface area (Å²) >= 11 is 0. The molecule has 12 heteroatoms. The Morgan fingerprint density at radius 1 is 1.40 bits per heavy atom. The molecule has 0 radical (unpaired) electrons. The molecular formula is C23H32N6O5S. The first-order valence-corrected chi connectivity index (χ1v) is 13.0. The zero-order valence-electron chi connectivity index (χ0n) is 20.2. The molecule has 0 fully saturated rings. The van der Waals surface area contributed by atoms with E-state index >= 15 is 0 Å². The lowest BCUT2D eigenvalue weighted by Gasteiger charge is -2.35. The molecule has 1 aliphatic heterocycles. The van der Waals surface area contributed by atoms with Crippen molar-refractivity contribution in [1.82, 2.24) is 24.2 Å². The van der Waals surface area contributed by atoms with Gasteiger partial charge in [0.1, 0.15) is 0 Å². The fraction of sp³-hybridized carbons (Fsp3) is 0.565. The molecule has 1 N–H and O–H groups in total. The Balaban J connectivity index is 1.88. The highest BCUT2D eigenvalue weighted by molar-refractivity contribution is 7.89. The van der Waals surface area contributed by atoms with Crippen molar-refractivity contribution in [3.8, 4) is 6.07 Å². The average Bonchev–Trinajstić information content (AvgIpc) is 3.30. The Labute approximate surface area is 205 Å². The van der Waals surface area contributed by atoms with Crippen LogP contribution in [-0.4, -0.2) is 82.5 Å². The van der Waals surface area contributed by atoms with E-state index in [-0.39, 0.29) is 48.1 Å². The number of hydrogen-bond acceptors (Lipinski definition) is 8. The van der Waals surface area contributed by atoms with Crippen molar-refractivity contribution in [3.05, 3.63) is 41.7 Å². The second kappa shape index (κ2) is 11.7. The molecule has 1 aromatic heterocycles. The molecule has 3 atom stereocenters. The van der Waals surface area contributed by atoms with Gasteiger partial charge in [-0.2, -0.15) is 9.57 Å². The van der Waals surface area contributed by atoms with Crippen LogP contribution >= 0.6 is 0 Å². The molecule has 2 aromatic rings. The van der Waals surface area contributed by atoms with E-state index < -0.39 is 16.1 Å². The van der Waals surface area contributed by atoms with Crippen LogP contribution in [0.15, 0.2) is 35.4 Å². The highest BCUT2D eigenvalue weighted by atomic mass is 32.2. The summed E-state index contributed by atoms with van der Waals surface area (Å²) in [6.45, 7) is 4.51. The Morgan fingerprint density at radius 3 is 2.89 bits per heavy atom. The van der Waals surface area contributed by atoms with Crippen molar-refractivity contribution in [2.45, 2.75) is 56.9 Å². The summed E-state index contributed by atoms with van der Waals surface area (Å²) in [5.41, 5.74) is 0.992. The zero-order valence-corrected chi connectivity index (χ0v) is 21.1. The van der Waals surface area contributed by atoms with Gasteiger partial charge in [-0.05, 0) is 31.5 Å². The number of nitriles is 1. The fourth-order valence-electron chi connectivity index (χ4n) is 4.00. The number of amides is 1. The summed E-state index contributed by atoms with van der Waals surface area (Å²) < 4.78 is 35.5. The van der Waals surface area contributed by atoms with E-state index in [1.807, 2.05) is 13.0 Å². The van der Waals surface area contributed by atoms with Crippen LogP contribution in [0.4, 0.5) is 0 Å². The first kappa shape index (κ1) is 26.7. The minimum Gasteiger partial charge on any atom is -0.394 e. The summed E-state index contributed by atoms with van der Waals surface area (Å²) in [7, 11) is -2.42. The van der Waals surface area contributed by atoms with Gasteiger partial charge in [0.05, 0.1) is 53.8 Å². The number of aromatic nitrogens is 3. The summed E-state index contributed by atoms with van der Waals surface area (Å²) in [6, 6.07) is 7.44. The van der Waals surface area contributed by atoms with E-state index in [0.717, 1.165) is 5.69 Å². The molecule has 3 rings (SSSR count). The number of hydrogen-bond donors (Lipinski definition) is 1. The average molecular weight is 505 g/mol. The molecule has 0 saturated heterocycles. The summed E-state index contributed by atoms with van der Waals surface area (Å²) in [6.07, 6.45) is 1.90. The topological polar surface area (TPSA) is 142 Å². The predicted molar refractivity (Wildman–Crippen MR) is 126 cm³/mol. The monoisotopic (exact) mass is 504 g/mol. The number of nitrogens with zero attached hydrogens (tertiary/aromatic N) is 6. The van der Waals surface area contributed by atoms with Crippen molar-refractivity contribution in [1.29, 1.82) is 5.26 Å². The molecule has 35 heavy (non-hydrogen) atoms. The molecule has 0 spiro atoms.